The van der Waals surface area contributed by atoms with Crippen molar-refractivity contribution in [2.75, 3.05) is 10.2 Å². The van der Waals surface area contributed by atoms with Gasteiger partial charge in [0.25, 0.3) is 5.91 Å². The zero-order valence-electron chi connectivity index (χ0n) is 17.5. The second kappa shape index (κ2) is 8.41. The third kappa shape index (κ3) is 4.95. The normalized spacial score (nSPS) is 16.4. The summed E-state index contributed by atoms with van der Waals surface area (Å²) in [4.78, 5) is 32.8. The summed E-state index contributed by atoms with van der Waals surface area (Å²) in [7, 11) is 0. The molecular formula is C21H23F3N4O2S. The molecule has 0 spiro atoms. The monoisotopic (exact) mass is 452 g/mol. The highest BCUT2D eigenvalue weighted by Crippen LogP contribution is 2.39. The zero-order valence-corrected chi connectivity index (χ0v) is 18.3. The molecule has 1 saturated heterocycles. The van der Waals surface area contributed by atoms with Gasteiger partial charge in [0, 0.05) is 17.1 Å². The van der Waals surface area contributed by atoms with Gasteiger partial charge in [-0.3, -0.25) is 9.78 Å². The maximum atomic E-state index is 13.2. The van der Waals surface area contributed by atoms with Gasteiger partial charge < -0.3 is 10.2 Å². The number of pyridine rings is 1. The fraction of sp³-hybridized carbons (Fsp3) is 0.381. The van der Waals surface area contributed by atoms with Gasteiger partial charge in [-0.15, -0.1) is 0 Å². The van der Waals surface area contributed by atoms with Gasteiger partial charge in [0.15, 0.2) is 0 Å². The number of anilines is 2. The zero-order chi connectivity index (χ0) is 23.0. The standard InChI is InChI=1S/C21H23F3N4O2S/c1-13(2)26-17-11-25-10-9-14(17)12-27-19(30)28(18(29)20(27,3)4)15-5-7-16(8-6-15)31-21(22,23)24/h5-11,13,26H,12H2,1-4H3. The van der Waals surface area contributed by atoms with Crippen molar-refractivity contribution in [2.24, 2.45) is 0 Å². The Morgan fingerprint density at radius 3 is 2.35 bits per heavy atom. The number of thioether (sulfide) groups is 1. The number of aromatic nitrogens is 1. The Morgan fingerprint density at radius 2 is 1.77 bits per heavy atom. The summed E-state index contributed by atoms with van der Waals surface area (Å²) >= 11 is -0.250. The summed E-state index contributed by atoms with van der Waals surface area (Å²) in [6.07, 6.45) is 3.28. The van der Waals surface area contributed by atoms with E-state index in [-0.39, 0.29) is 34.9 Å². The Bertz CT molecular complexity index is 977. The number of amides is 3. The Morgan fingerprint density at radius 1 is 1.13 bits per heavy atom. The van der Waals surface area contributed by atoms with Crippen molar-refractivity contribution >= 4 is 35.1 Å². The quantitative estimate of drug-likeness (QED) is 0.478. The first kappa shape index (κ1) is 22.9. The van der Waals surface area contributed by atoms with Gasteiger partial charge in [0.2, 0.25) is 0 Å². The van der Waals surface area contributed by atoms with E-state index in [9.17, 15) is 22.8 Å². The number of carbonyl (C=O) groups is 2. The van der Waals surface area contributed by atoms with Crippen molar-refractivity contribution < 1.29 is 22.8 Å². The Hall–Kier alpha value is -2.75. The van der Waals surface area contributed by atoms with Gasteiger partial charge in [0.1, 0.15) is 5.54 Å². The summed E-state index contributed by atoms with van der Waals surface area (Å²) in [6.45, 7) is 7.44. The third-order valence-corrected chi connectivity index (χ3v) is 5.58. The molecule has 0 atom stereocenters. The molecule has 2 aromatic rings. The first-order chi connectivity index (χ1) is 14.4. The molecule has 1 N–H and O–H groups in total. The lowest BCUT2D eigenvalue weighted by Gasteiger charge is -2.28. The molecule has 0 aliphatic carbocycles. The van der Waals surface area contributed by atoms with Crippen molar-refractivity contribution in [3.8, 4) is 0 Å². The Balaban J connectivity index is 1.87. The number of halogens is 3. The number of imide groups is 1. The SMILES string of the molecule is CC(C)Nc1cnccc1CN1C(=O)N(c2ccc(SC(F)(F)F)cc2)C(=O)C1(C)C. The molecule has 6 nitrogen and oxygen atoms in total. The number of rotatable bonds is 6. The van der Waals surface area contributed by atoms with Crippen LogP contribution in [0, 0.1) is 0 Å². The van der Waals surface area contributed by atoms with Crippen LogP contribution in [0.25, 0.3) is 0 Å². The van der Waals surface area contributed by atoms with E-state index in [0.717, 1.165) is 16.2 Å². The first-order valence-electron chi connectivity index (χ1n) is 9.61. The maximum absolute atomic E-state index is 13.2. The van der Waals surface area contributed by atoms with Crippen molar-refractivity contribution in [1.82, 2.24) is 9.88 Å². The van der Waals surface area contributed by atoms with Crippen LogP contribution in [0.15, 0.2) is 47.6 Å². The van der Waals surface area contributed by atoms with Crippen molar-refractivity contribution in [3.63, 3.8) is 0 Å². The number of nitrogens with zero attached hydrogens (tertiary/aromatic N) is 3. The molecular weight excluding hydrogens is 429 g/mol. The smallest absolute Gasteiger partial charge is 0.381 e. The molecule has 2 heterocycles. The van der Waals surface area contributed by atoms with Gasteiger partial charge in [-0.1, -0.05) is 0 Å². The van der Waals surface area contributed by atoms with Crippen LogP contribution in [0.4, 0.5) is 29.3 Å². The predicted octanol–water partition coefficient (Wildman–Crippen LogP) is 5.26. The summed E-state index contributed by atoms with van der Waals surface area (Å²) in [5, 5.41) is 3.28. The minimum Gasteiger partial charge on any atom is -0.381 e. The molecule has 1 aliphatic heterocycles. The van der Waals surface area contributed by atoms with Crippen LogP contribution in [0.5, 0.6) is 0 Å². The van der Waals surface area contributed by atoms with Crippen LogP contribution < -0.4 is 10.2 Å². The number of carbonyl (C=O) groups excluding carboxylic acids is 2. The van der Waals surface area contributed by atoms with Gasteiger partial charge in [-0.25, -0.2) is 9.69 Å². The van der Waals surface area contributed by atoms with Crippen LogP contribution in [-0.4, -0.2) is 38.9 Å². The predicted molar refractivity (Wildman–Crippen MR) is 114 cm³/mol. The topological polar surface area (TPSA) is 65.5 Å². The second-order valence-electron chi connectivity index (χ2n) is 7.94. The average Bonchev–Trinajstić information content (AvgIpc) is 2.82. The largest absolute Gasteiger partial charge is 0.446 e. The van der Waals surface area contributed by atoms with Gasteiger partial charge in [-0.2, -0.15) is 13.2 Å². The van der Waals surface area contributed by atoms with E-state index in [4.69, 9.17) is 0 Å². The van der Waals surface area contributed by atoms with Crippen molar-refractivity contribution in [1.29, 1.82) is 0 Å². The number of hydrogen-bond donors (Lipinski definition) is 1. The number of urea groups is 1. The highest BCUT2D eigenvalue weighted by atomic mass is 32.2. The van der Waals surface area contributed by atoms with E-state index in [1.54, 1.807) is 32.3 Å². The van der Waals surface area contributed by atoms with Crippen molar-refractivity contribution in [3.05, 3.63) is 48.3 Å². The van der Waals surface area contributed by atoms with Crippen LogP contribution in [0.2, 0.25) is 0 Å². The van der Waals surface area contributed by atoms with E-state index in [1.165, 1.54) is 29.2 Å². The molecule has 0 saturated carbocycles. The summed E-state index contributed by atoms with van der Waals surface area (Å²) in [6, 6.07) is 6.59. The van der Waals surface area contributed by atoms with E-state index in [0.29, 0.717) is 0 Å². The van der Waals surface area contributed by atoms with Crippen LogP contribution in [-0.2, 0) is 11.3 Å². The number of nitrogens with one attached hydrogen (secondary N) is 1. The van der Waals surface area contributed by atoms with Crippen LogP contribution in [0.1, 0.15) is 33.3 Å². The molecule has 1 fully saturated rings. The molecule has 166 valence electrons. The van der Waals surface area contributed by atoms with E-state index < -0.39 is 23.0 Å². The minimum atomic E-state index is -4.41. The summed E-state index contributed by atoms with van der Waals surface area (Å²) in [5.74, 6) is -0.443. The summed E-state index contributed by atoms with van der Waals surface area (Å²) in [5.41, 5.74) is -3.75. The molecule has 0 radical (unpaired) electrons. The fourth-order valence-corrected chi connectivity index (χ4v) is 3.84. The average molecular weight is 453 g/mol. The minimum absolute atomic E-state index is 0.0207. The number of alkyl halides is 3. The van der Waals surface area contributed by atoms with Crippen LogP contribution in [0.3, 0.4) is 0 Å². The highest BCUT2D eigenvalue weighted by Gasteiger charge is 2.51. The number of hydrogen-bond acceptors (Lipinski definition) is 5. The Labute approximate surface area is 182 Å². The van der Waals surface area contributed by atoms with E-state index in [1.807, 2.05) is 13.8 Å². The summed E-state index contributed by atoms with van der Waals surface area (Å²) < 4.78 is 37.7. The van der Waals surface area contributed by atoms with Crippen molar-refractivity contribution in [2.45, 2.75) is 56.2 Å². The third-order valence-electron chi connectivity index (χ3n) is 4.84. The lowest BCUT2D eigenvalue weighted by atomic mass is 10.0. The van der Waals surface area contributed by atoms with Crippen LogP contribution >= 0.6 is 11.8 Å². The van der Waals surface area contributed by atoms with Gasteiger partial charge in [-0.05, 0) is 75.4 Å². The lowest BCUT2D eigenvalue weighted by Crippen LogP contribution is -2.43. The highest BCUT2D eigenvalue weighted by molar-refractivity contribution is 8.00. The fourth-order valence-electron chi connectivity index (χ4n) is 3.30. The van der Waals surface area contributed by atoms with E-state index >= 15 is 0 Å². The second-order valence-corrected chi connectivity index (χ2v) is 9.08. The molecule has 1 aliphatic rings. The molecule has 0 unspecified atom stereocenters. The number of benzene rings is 1. The molecule has 3 rings (SSSR count). The Kier molecular flexibility index (Phi) is 6.22. The molecule has 3 amide bonds. The molecule has 1 aromatic heterocycles. The molecule has 0 bridgehead atoms. The van der Waals surface area contributed by atoms with Gasteiger partial charge in [0.05, 0.1) is 24.1 Å². The molecule has 10 heteroatoms. The molecule has 1 aromatic carbocycles. The maximum Gasteiger partial charge on any atom is 0.446 e. The lowest BCUT2D eigenvalue weighted by molar-refractivity contribution is -0.123. The first-order valence-corrected chi connectivity index (χ1v) is 10.4. The van der Waals surface area contributed by atoms with E-state index in [2.05, 4.69) is 10.3 Å². The van der Waals surface area contributed by atoms with Gasteiger partial charge >= 0.3 is 11.5 Å². The molecule has 31 heavy (non-hydrogen) atoms.